The zero-order valence-electron chi connectivity index (χ0n) is 12.3. The fraction of sp³-hybridized carbons (Fsp3) is 0.471. The molecule has 0 amide bonds. The average molecular weight is 278 g/mol. The highest BCUT2D eigenvalue weighted by Crippen LogP contribution is 2.05. The number of ether oxygens (including phenoxy) is 1. The number of rotatable bonds is 11. The maximum atomic E-state index is 10.9. The summed E-state index contributed by atoms with van der Waals surface area (Å²) in [5.74, 6) is -0.192. The summed E-state index contributed by atoms with van der Waals surface area (Å²) in [5.41, 5.74) is 0. The molecule has 0 fully saturated rings. The van der Waals surface area contributed by atoms with Crippen LogP contribution in [0.5, 0.6) is 0 Å². The van der Waals surface area contributed by atoms with Crippen LogP contribution in [-0.4, -0.2) is 24.3 Å². The summed E-state index contributed by atoms with van der Waals surface area (Å²) in [5, 5.41) is 9.68. The summed E-state index contributed by atoms with van der Waals surface area (Å²) >= 11 is 0. The molecular weight excluding hydrogens is 252 g/mol. The van der Waals surface area contributed by atoms with Gasteiger partial charge in [0.05, 0.1) is 13.2 Å². The maximum absolute atomic E-state index is 10.9. The Balaban J connectivity index is 3.61. The van der Waals surface area contributed by atoms with Gasteiger partial charge in [-0.2, -0.15) is 0 Å². The molecule has 3 nitrogen and oxygen atoms in total. The van der Waals surface area contributed by atoms with E-state index in [0.29, 0.717) is 12.8 Å². The van der Waals surface area contributed by atoms with E-state index < -0.39 is 6.10 Å². The third-order valence-corrected chi connectivity index (χ3v) is 2.68. The highest BCUT2D eigenvalue weighted by Gasteiger charge is 2.02. The molecule has 1 unspecified atom stereocenters. The van der Waals surface area contributed by atoms with Gasteiger partial charge in [0, 0.05) is 6.42 Å². The van der Waals surface area contributed by atoms with Gasteiger partial charge >= 0.3 is 5.97 Å². The first-order chi connectivity index (χ1) is 9.70. The number of unbranched alkanes of at least 4 members (excludes halogenated alkanes) is 1. The Hall–Kier alpha value is -1.61. The highest BCUT2D eigenvalue weighted by molar-refractivity contribution is 5.68. The summed E-state index contributed by atoms with van der Waals surface area (Å²) in [6.07, 6.45) is 17.6. The topological polar surface area (TPSA) is 46.5 Å². The van der Waals surface area contributed by atoms with Crippen LogP contribution in [-0.2, 0) is 9.53 Å². The van der Waals surface area contributed by atoms with Crippen molar-refractivity contribution in [2.24, 2.45) is 0 Å². The molecule has 0 radical (unpaired) electrons. The molecule has 0 aromatic heterocycles. The Kier molecular flexibility index (Phi) is 12.7. The molecule has 0 aliphatic carbocycles. The van der Waals surface area contributed by atoms with Gasteiger partial charge in [-0.1, -0.05) is 42.5 Å². The number of aliphatic hydroxyl groups excluding tert-OH is 1. The van der Waals surface area contributed by atoms with E-state index in [9.17, 15) is 9.90 Å². The van der Waals surface area contributed by atoms with Crippen LogP contribution >= 0.6 is 0 Å². The maximum Gasteiger partial charge on any atom is 0.305 e. The van der Waals surface area contributed by atoms with Crippen molar-refractivity contribution in [3.8, 4) is 0 Å². The fourth-order valence-corrected chi connectivity index (χ4v) is 1.54. The van der Waals surface area contributed by atoms with Crippen LogP contribution in [0.25, 0.3) is 0 Å². The van der Waals surface area contributed by atoms with Gasteiger partial charge in [-0.3, -0.25) is 4.79 Å². The van der Waals surface area contributed by atoms with Crippen LogP contribution in [0, 0.1) is 0 Å². The number of hydrogen-bond acceptors (Lipinski definition) is 3. The lowest BCUT2D eigenvalue weighted by molar-refractivity contribution is -0.140. The molecular formula is C17H26O3. The third kappa shape index (κ3) is 12.8. The van der Waals surface area contributed by atoms with Crippen molar-refractivity contribution in [1.82, 2.24) is 0 Å². The van der Waals surface area contributed by atoms with E-state index in [-0.39, 0.29) is 5.97 Å². The predicted molar refractivity (Wildman–Crippen MR) is 83.3 cm³/mol. The second-order valence-electron chi connectivity index (χ2n) is 4.43. The molecule has 0 saturated heterocycles. The van der Waals surface area contributed by atoms with Gasteiger partial charge in [-0.15, -0.1) is 6.58 Å². The standard InChI is InChI=1S/C17H26O3/c1-3-4-5-6-7-8-9-10-13-16(18)14-11-12-15-17(19)20-2/h3,5-6,8-10,13,16,18H,1,4,7,11-12,14-15H2,2H3. The molecule has 3 heteroatoms. The van der Waals surface area contributed by atoms with Crippen LogP contribution in [0.1, 0.15) is 38.5 Å². The first-order valence-corrected chi connectivity index (χ1v) is 7.04. The Morgan fingerprint density at radius 3 is 2.65 bits per heavy atom. The van der Waals surface area contributed by atoms with Crippen molar-refractivity contribution in [2.45, 2.75) is 44.6 Å². The van der Waals surface area contributed by atoms with E-state index in [0.717, 1.165) is 25.7 Å². The van der Waals surface area contributed by atoms with Crippen LogP contribution in [0.2, 0.25) is 0 Å². The van der Waals surface area contributed by atoms with Crippen molar-refractivity contribution >= 4 is 5.97 Å². The lowest BCUT2D eigenvalue weighted by Gasteiger charge is -2.04. The summed E-state index contributed by atoms with van der Waals surface area (Å²) in [7, 11) is 1.39. The highest BCUT2D eigenvalue weighted by atomic mass is 16.5. The van der Waals surface area contributed by atoms with Gasteiger partial charge in [0.25, 0.3) is 0 Å². The van der Waals surface area contributed by atoms with Crippen molar-refractivity contribution in [3.63, 3.8) is 0 Å². The van der Waals surface area contributed by atoms with Crippen LogP contribution in [0.3, 0.4) is 0 Å². The van der Waals surface area contributed by atoms with Gasteiger partial charge in [0.2, 0.25) is 0 Å². The normalized spacial score (nSPS) is 13.3. The second kappa shape index (κ2) is 13.8. The number of carbonyl (C=O) groups is 1. The van der Waals surface area contributed by atoms with Gasteiger partial charge in [-0.25, -0.2) is 0 Å². The molecule has 0 aromatic rings. The Morgan fingerprint density at radius 2 is 1.95 bits per heavy atom. The molecule has 20 heavy (non-hydrogen) atoms. The summed E-state index contributed by atoms with van der Waals surface area (Å²) in [6.45, 7) is 3.64. The Morgan fingerprint density at radius 1 is 1.20 bits per heavy atom. The van der Waals surface area contributed by atoms with Crippen molar-refractivity contribution in [2.75, 3.05) is 7.11 Å². The van der Waals surface area contributed by atoms with Crippen molar-refractivity contribution in [1.29, 1.82) is 0 Å². The molecule has 0 bridgehead atoms. The van der Waals surface area contributed by atoms with Crippen LogP contribution in [0.4, 0.5) is 0 Å². The molecule has 0 aromatic carbocycles. The zero-order chi connectivity index (χ0) is 15.1. The minimum atomic E-state index is -0.450. The number of carbonyl (C=O) groups excluding carboxylic acids is 1. The molecule has 1 N–H and O–H groups in total. The SMILES string of the molecule is C=CCC=CCC=CC=CC(O)CCCCC(=O)OC. The molecule has 0 spiro atoms. The lowest BCUT2D eigenvalue weighted by Crippen LogP contribution is -2.03. The lowest BCUT2D eigenvalue weighted by atomic mass is 10.1. The number of hydrogen-bond donors (Lipinski definition) is 1. The molecule has 0 aliphatic heterocycles. The molecule has 0 rings (SSSR count). The molecule has 0 heterocycles. The largest absolute Gasteiger partial charge is 0.469 e. The van der Waals surface area contributed by atoms with E-state index in [4.69, 9.17) is 0 Å². The van der Waals surface area contributed by atoms with Crippen LogP contribution < -0.4 is 0 Å². The summed E-state index contributed by atoms with van der Waals surface area (Å²) < 4.78 is 4.55. The third-order valence-electron chi connectivity index (χ3n) is 2.68. The number of methoxy groups -OCH3 is 1. The van der Waals surface area contributed by atoms with Gasteiger partial charge < -0.3 is 9.84 Å². The van der Waals surface area contributed by atoms with Crippen molar-refractivity contribution in [3.05, 3.63) is 49.1 Å². The molecule has 0 aliphatic rings. The van der Waals surface area contributed by atoms with E-state index >= 15 is 0 Å². The van der Waals surface area contributed by atoms with E-state index in [2.05, 4.69) is 23.5 Å². The van der Waals surface area contributed by atoms with Crippen molar-refractivity contribution < 1.29 is 14.6 Å². The molecule has 112 valence electrons. The predicted octanol–water partition coefficient (Wildman–Crippen LogP) is 3.72. The minimum absolute atomic E-state index is 0.192. The van der Waals surface area contributed by atoms with E-state index in [1.807, 2.05) is 24.3 Å². The molecule has 1 atom stereocenters. The zero-order valence-corrected chi connectivity index (χ0v) is 12.3. The fourth-order valence-electron chi connectivity index (χ4n) is 1.54. The van der Waals surface area contributed by atoms with E-state index in [1.54, 1.807) is 6.08 Å². The van der Waals surface area contributed by atoms with E-state index in [1.165, 1.54) is 7.11 Å². The van der Waals surface area contributed by atoms with Gasteiger partial charge in [0.15, 0.2) is 0 Å². The monoisotopic (exact) mass is 278 g/mol. The first kappa shape index (κ1) is 18.4. The van der Waals surface area contributed by atoms with Gasteiger partial charge in [0.1, 0.15) is 0 Å². The quantitative estimate of drug-likeness (QED) is 0.271. The molecule has 0 saturated carbocycles. The number of aliphatic hydroxyl groups is 1. The number of allylic oxidation sites excluding steroid dienone is 6. The Labute approximate surface area is 122 Å². The van der Waals surface area contributed by atoms with Crippen LogP contribution in [0.15, 0.2) is 49.1 Å². The summed E-state index contributed by atoms with van der Waals surface area (Å²) in [6, 6.07) is 0. The smallest absolute Gasteiger partial charge is 0.305 e. The van der Waals surface area contributed by atoms with Gasteiger partial charge in [-0.05, 0) is 32.1 Å². The second-order valence-corrected chi connectivity index (χ2v) is 4.43. The number of esters is 1. The average Bonchev–Trinajstić information content (AvgIpc) is 2.46. The first-order valence-electron chi connectivity index (χ1n) is 7.04. The minimum Gasteiger partial charge on any atom is -0.469 e. The Bertz CT molecular complexity index is 340. The summed E-state index contributed by atoms with van der Waals surface area (Å²) in [4.78, 5) is 10.9.